The van der Waals surface area contributed by atoms with E-state index in [-0.39, 0.29) is 23.8 Å². The highest BCUT2D eigenvalue weighted by Gasteiger charge is 2.30. The van der Waals surface area contributed by atoms with Crippen molar-refractivity contribution in [1.29, 1.82) is 0 Å². The maximum Gasteiger partial charge on any atom is 0.251 e. The minimum Gasteiger partial charge on any atom is -0.349 e. The number of benzene rings is 3. The van der Waals surface area contributed by atoms with Crippen molar-refractivity contribution in [2.45, 2.75) is 24.8 Å². The van der Waals surface area contributed by atoms with E-state index in [0.29, 0.717) is 23.7 Å². The second-order valence-electron chi connectivity index (χ2n) is 7.83. The molecule has 1 aliphatic heterocycles. The van der Waals surface area contributed by atoms with Crippen LogP contribution in [0.5, 0.6) is 0 Å². The van der Waals surface area contributed by atoms with Crippen molar-refractivity contribution in [3.8, 4) is 0 Å². The largest absolute Gasteiger partial charge is 0.349 e. The Morgan fingerprint density at radius 1 is 0.806 bits per heavy atom. The normalized spacial score (nSPS) is 14.5. The maximum atomic E-state index is 13.5. The summed E-state index contributed by atoms with van der Waals surface area (Å²) in [4.78, 5) is 27.9. The summed E-state index contributed by atoms with van der Waals surface area (Å²) in [5.41, 5.74) is 2.59. The molecule has 1 saturated heterocycles. The molecule has 158 valence electrons. The summed E-state index contributed by atoms with van der Waals surface area (Å²) in [6.07, 6.45) is 1.47. The number of nitrogens with zero attached hydrogens (tertiary/aromatic N) is 1. The highest BCUT2D eigenvalue weighted by Crippen LogP contribution is 2.28. The fraction of sp³-hybridized carbons (Fsp3) is 0.231. The van der Waals surface area contributed by atoms with Gasteiger partial charge in [0.25, 0.3) is 5.91 Å². The molecule has 31 heavy (non-hydrogen) atoms. The van der Waals surface area contributed by atoms with Gasteiger partial charge in [-0.05, 0) is 48.2 Å². The van der Waals surface area contributed by atoms with E-state index in [1.54, 1.807) is 24.3 Å². The monoisotopic (exact) mass is 432 g/mol. The summed E-state index contributed by atoms with van der Waals surface area (Å²) in [6.45, 7) is 1.25. The van der Waals surface area contributed by atoms with Crippen LogP contribution in [-0.4, -0.2) is 35.8 Å². The molecule has 3 aromatic carbocycles. The van der Waals surface area contributed by atoms with Crippen LogP contribution in [0.15, 0.2) is 84.9 Å². The summed E-state index contributed by atoms with van der Waals surface area (Å²) in [5, 5.41) is 3.69. The summed E-state index contributed by atoms with van der Waals surface area (Å²) in [7, 11) is 0. The summed E-state index contributed by atoms with van der Waals surface area (Å²) < 4.78 is 0. The van der Waals surface area contributed by atoms with E-state index in [4.69, 9.17) is 11.6 Å². The van der Waals surface area contributed by atoms with Crippen LogP contribution < -0.4 is 5.32 Å². The van der Waals surface area contributed by atoms with Crippen molar-refractivity contribution in [2.75, 3.05) is 13.1 Å². The SMILES string of the molecule is O=C(NC1CCN(C(=O)C(c2ccccc2)c2ccccc2)CC1)c1ccc(Cl)cc1. The van der Waals surface area contributed by atoms with E-state index < -0.39 is 0 Å². The summed E-state index contributed by atoms with van der Waals surface area (Å²) in [6, 6.07) is 26.8. The van der Waals surface area contributed by atoms with Crippen molar-refractivity contribution in [1.82, 2.24) is 10.2 Å². The fourth-order valence-electron chi connectivity index (χ4n) is 4.07. The molecule has 5 heteroatoms. The quantitative estimate of drug-likeness (QED) is 0.623. The van der Waals surface area contributed by atoms with E-state index in [2.05, 4.69) is 5.32 Å². The number of piperidine rings is 1. The summed E-state index contributed by atoms with van der Waals surface area (Å²) >= 11 is 5.90. The van der Waals surface area contributed by atoms with Gasteiger partial charge in [-0.2, -0.15) is 0 Å². The highest BCUT2D eigenvalue weighted by atomic mass is 35.5. The number of halogens is 1. The number of hydrogen-bond donors (Lipinski definition) is 1. The molecule has 4 nitrogen and oxygen atoms in total. The minimum absolute atomic E-state index is 0.0547. The Labute approximate surface area is 187 Å². The second kappa shape index (κ2) is 9.80. The molecule has 1 N–H and O–H groups in total. The zero-order valence-electron chi connectivity index (χ0n) is 17.2. The van der Waals surface area contributed by atoms with Gasteiger partial charge in [0.1, 0.15) is 0 Å². The molecule has 0 saturated carbocycles. The van der Waals surface area contributed by atoms with Crippen molar-refractivity contribution in [3.63, 3.8) is 0 Å². The number of amides is 2. The number of rotatable bonds is 5. The Morgan fingerprint density at radius 2 is 1.32 bits per heavy atom. The number of carbonyl (C=O) groups is 2. The smallest absolute Gasteiger partial charge is 0.251 e. The predicted octanol–water partition coefficient (Wildman–Crippen LogP) is 4.89. The first-order valence-electron chi connectivity index (χ1n) is 10.6. The Kier molecular flexibility index (Phi) is 6.68. The van der Waals surface area contributed by atoms with Gasteiger partial charge < -0.3 is 10.2 Å². The first-order chi connectivity index (χ1) is 15.1. The Balaban J connectivity index is 1.41. The molecular formula is C26H25ClN2O2. The van der Waals surface area contributed by atoms with Crippen LogP contribution in [0.1, 0.15) is 40.2 Å². The van der Waals surface area contributed by atoms with Gasteiger partial charge in [0.2, 0.25) is 5.91 Å². The van der Waals surface area contributed by atoms with Crippen LogP contribution in [0.4, 0.5) is 0 Å². The molecule has 1 aliphatic rings. The van der Waals surface area contributed by atoms with E-state index in [9.17, 15) is 9.59 Å². The van der Waals surface area contributed by atoms with Crippen molar-refractivity contribution in [2.24, 2.45) is 0 Å². The Bertz CT molecular complexity index is 975. The molecule has 2 amide bonds. The van der Waals surface area contributed by atoms with Gasteiger partial charge in [0.15, 0.2) is 0 Å². The van der Waals surface area contributed by atoms with Gasteiger partial charge in [-0.25, -0.2) is 0 Å². The van der Waals surface area contributed by atoms with Crippen LogP contribution >= 0.6 is 11.6 Å². The third-order valence-electron chi connectivity index (χ3n) is 5.76. The molecule has 1 heterocycles. The van der Waals surface area contributed by atoms with E-state index in [1.807, 2.05) is 65.6 Å². The lowest BCUT2D eigenvalue weighted by Gasteiger charge is -2.35. The second-order valence-corrected chi connectivity index (χ2v) is 8.27. The van der Waals surface area contributed by atoms with Crippen molar-refractivity contribution < 1.29 is 9.59 Å². The molecule has 0 aliphatic carbocycles. The highest BCUT2D eigenvalue weighted by molar-refractivity contribution is 6.30. The Hall–Kier alpha value is -3.11. The van der Waals surface area contributed by atoms with E-state index in [0.717, 1.165) is 24.0 Å². The molecule has 0 spiro atoms. The number of likely N-dealkylation sites (tertiary alicyclic amines) is 1. The summed E-state index contributed by atoms with van der Waals surface area (Å²) in [5.74, 6) is -0.310. The third kappa shape index (κ3) is 5.15. The van der Waals surface area contributed by atoms with Gasteiger partial charge in [0, 0.05) is 29.7 Å². The average molecular weight is 433 g/mol. The van der Waals surface area contributed by atoms with Crippen LogP contribution in [0.2, 0.25) is 5.02 Å². The lowest BCUT2D eigenvalue weighted by Crippen LogP contribution is -2.47. The lowest BCUT2D eigenvalue weighted by atomic mass is 9.89. The van der Waals surface area contributed by atoms with Gasteiger partial charge in [-0.1, -0.05) is 72.3 Å². The lowest BCUT2D eigenvalue weighted by molar-refractivity contribution is -0.132. The number of hydrogen-bond acceptors (Lipinski definition) is 2. The fourth-order valence-corrected chi connectivity index (χ4v) is 4.19. The average Bonchev–Trinajstić information content (AvgIpc) is 2.81. The third-order valence-corrected chi connectivity index (χ3v) is 6.01. The molecule has 0 radical (unpaired) electrons. The van der Waals surface area contributed by atoms with Crippen LogP contribution in [0, 0.1) is 0 Å². The topological polar surface area (TPSA) is 49.4 Å². The molecule has 0 atom stereocenters. The van der Waals surface area contributed by atoms with Crippen LogP contribution in [0.25, 0.3) is 0 Å². The molecule has 4 rings (SSSR count). The first kappa shape index (κ1) is 21.1. The van der Waals surface area contributed by atoms with Crippen LogP contribution in [-0.2, 0) is 4.79 Å². The van der Waals surface area contributed by atoms with Crippen LogP contribution in [0.3, 0.4) is 0 Å². The van der Waals surface area contributed by atoms with Gasteiger partial charge in [-0.3, -0.25) is 9.59 Å². The van der Waals surface area contributed by atoms with Gasteiger partial charge in [-0.15, -0.1) is 0 Å². The minimum atomic E-state index is -0.317. The van der Waals surface area contributed by atoms with Gasteiger partial charge in [0.05, 0.1) is 5.92 Å². The molecule has 0 bridgehead atoms. The predicted molar refractivity (Wildman–Crippen MR) is 123 cm³/mol. The van der Waals surface area contributed by atoms with Crippen molar-refractivity contribution in [3.05, 3.63) is 107 Å². The molecule has 1 fully saturated rings. The van der Waals surface area contributed by atoms with E-state index >= 15 is 0 Å². The van der Waals surface area contributed by atoms with Crippen molar-refractivity contribution >= 4 is 23.4 Å². The number of nitrogens with one attached hydrogen (secondary N) is 1. The molecule has 0 aromatic heterocycles. The van der Waals surface area contributed by atoms with E-state index in [1.165, 1.54) is 0 Å². The standard InChI is InChI=1S/C26H25ClN2O2/c27-22-13-11-21(12-14-22)25(30)28-23-15-17-29(18-16-23)26(31)24(19-7-3-1-4-8-19)20-9-5-2-6-10-20/h1-14,23-24H,15-18H2,(H,28,30). The molecule has 0 unspecified atom stereocenters. The first-order valence-corrected chi connectivity index (χ1v) is 10.9. The van der Waals surface area contributed by atoms with Gasteiger partial charge >= 0.3 is 0 Å². The Morgan fingerprint density at radius 3 is 1.84 bits per heavy atom. The molecular weight excluding hydrogens is 408 g/mol. The maximum absolute atomic E-state index is 13.5. The number of carbonyl (C=O) groups excluding carboxylic acids is 2. The zero-order chi connectivity index (χ0) is 21.6. The zero-order valence-corrected chi connectivity index (χ0v) is 18.0. The molecule has 3 aromatic rings.